The van der Waals surface area contributed by atoms with Gasteiger partial charge in [-0.15, -0.1) is 24.0 Å². The Morgan fingerprint density at radius 3 is 2.72 bits per heavy atom. The first-order chi connectivity index (χ1) is 8.60. The van der Waals surface area contributed by atoms with Gasteiger partial charge < -0.3 is 14.4 Å². The molecule has 0 N–H and O–H groups in total. The van der Waals surface area contributed by atoms with Gasteiger partial charge in [0.05, 0.1) is 24.1 Å². The van der Waals surface area contributed by atoms with E-state index >= 15 is 0 Å². The van der Waals surface area contributed by atoms with Crippen molar-refractivity contribution < 1.29 is 14.3 Å². The molecule has 0 radical (unpaired) electrons. The Bertz CT molecular complexity index is 381. The van der Waals surface area contributed by atoms with Gasteiger partial charge in [0.25, 0.3) is 5.91 Å². The van der Waals surface area contributed by atoms with Crippen LogP contribution in [0.5, 0.6) is 0 Å². The van der Waals surface area contributed by atoms with Crippen molar-refractivity contribution >= 4 is 29.9 Å². The highest BCUT2D eigenvalue weighted by molar-refractivity contribution is 7.80. The minimum Gasteiger partial charge on any atom is -0.383 e. The molecule has 1 amide bonds. The van der Waals surface area contributed by atoms with Gasteiger partial charge in [0.15, 0.2) is 0 Å². The van der Waals surface area contributed by atoms with E-state index in [0.29, 0.717) is 24.6 Å². The van der Waals surface area contributed by atoms with Gasteiger partial charge in [-0.1, -0.05) is 0 Å². The number of hydrogen-bond donors (Lipinski definition) is 1. The van der Waals surface area contributed by atoms with Crippen molar-refractivity contribution in [2.75, 3.05) is 34.0 Å². The van der Waals surface area contributed by atoms with Crippen molar-refractivity contribution in [3.63, 3.8) is 0 Å². The van der Waals surface area contributed by atoms with Crippen molar-refractivity contribution in [1.82, 2.24) is 4.90 Å². The Hall–Kier alpha value is -0.560. The van der Waals surface area contributed by atoms with Crippen LogP contribution in [0.15, 0.2) is 16.3 Å². The molecule has 4 nitrogen and oxygen atoms in total. The van der Waals surface area contributed by atoms with E-state index in [1.54, 1.807) is 25.2 Å². The average Bonchev–Trinajstić information content (AvgIpc) is 2.76. The van der Waals surface area contributed by atoms with Crippen LogP contribution in [0.25, 0.3) is 0 Å². The third-order valence-electron chi connectivity index (χ3n) is 2.53. The normalized spacial score (nSPS) is 12.4. The van der Waals surface area contributed by atoms with Gasteiger partial charge >= 0.3 is 0 Å². The van der Waals surface area contributed by atoms with E-state index < -0.39 is 0 Å². The number of nitrogens with zero attached hydrogens (tertiary/aromatic N) is 1. The molecule has 0 bridgehead atoms. The number of thiol groups is 1. The van der Waals surface area contributed by atoms with E-state index in [1.807, 2.05) is 12.3 Å². The third kappa shape index (κ3) is 4.28. The van der Waals surface area contributed by atoms with Gasteiger partial charge in [-0.25, -0.2) is 0 Å². The highest BCUT2D eigenvalue weighted by Crippen LogP contribution is 2.20. The predicted molar refractivity (Wildman–Crippen MR) is 75.8 cm³/mol. The molecular formula is C12H19NO3S2. The number of methoxy groups -OCH3 is 2. The number of carbonyl (C=O) groups is 1. The molecule has 0 spiro atoms. The van der Waals surface area contributed by atoms with Crippen LogP contribution in [0, 0.1) is 0 Å². The SMILES string of the molecule is COCCN(C(=O)c1cc(S)cs1)C(C)COC. The second-order valence-corrected chi connectivity index (χ2v) is 5.39. The van der Waals surface area contributed by atoms with Crippen molar-refractivity contribution in [2.45, 2.75) is 17.9 Å². The van der Waals surface area contributed by atoms with Gasteiger partial charge in [-0.2, -0.15) is 0 Å². The molecule has 0 saturated carbocycles. The van der Waals surface area contributed by atoms with Gasteiger partial charge in [0.1, 0.15) is 0 Å². The summed E-state index contributed by atoms with van der Waals surface area (Å²) in [5.41, 5.74) is 0. The molecule has 6 heteroatoms. The third-order valence-corrected chi connectivity index (χ3v) is 3.88. The number of thiophene rings is 1. The van der Waals surface area contributed by atoms with Crippen LogP contribution >= 0.6 is 24.0 Å². The maximum absolute atomic E-state index is 12.4. The van der Waals surface area contributed by atoms with Gasteiger partial charge in [0.2, 0.25) is 0 Å². The maximum Gasteiger partial charge on any atom is 0.264 e. The zero-order valence-electron chi connectivity index (χ0n) is 10.9. The fraction of sp³-hybridized carbons (Fsp3) is 0.583. The molecule has 1 unspecified atom stereocenters. The summed E-state index contributed by atoms with van der Waals surface area (Å²) in [5, 5.41) is 1.85. The summed E-state index contributed by atoms with van der Waals surface area (Å²) < 4.78 is 10.2. The van der Waals surface area contributed by atoms with Crippen LogP contribution in [0.3, 0.4) is 0 Å². The summed E-state index contributed by atoms with van der Waals surface area (Å²) in [6, 6.07) is 1.80. The lowest BCUT2D eigenvalue weighted by Gasteiger charge is -2.28. The first-order valence-electron chi connectivity index (χ1n) is 5.66. The lowest BCUT2D eigenvalue weighted by molar-refractivity contribution is 0.0483. The van der Waals surface area contributed by atoms with Crippen LogP contribution < -0.4 is 0 Å². The number of amides is 1. The van der Waals surface area contributed by atoms with E-state index in [2.05, 4.69) is 12.6 Å². The predicted octanol–water partition coefficient (Wildman–Crippen LogP) is 2.16. The fourth-order valence-corrected chi connectivity index (χ4v) is 2.73. The van der Waals surface area contributed by atoms with Gasteiger partial charge in [-0.3, -0.25) is 4.79 Å². The Balaban J connectivity index is 2.77. The summed E-state index contributed by atoms with van der Waals surface area (Å²) >= 11 is 5.63. The fourth-order valence-electron chi connectivity index (χ4n) is 1.62. The molecular weight excluding hydrogens is 270 g/mol. The molecule has 1 aromatic rings. The minimum absolute atomic E-state index is 0.00176. The summed E-state index contributed by atoms with van der Waals surface area (Å²) in [7, 11) is 3.26. The van der Waals surface area contributed by atoms with E-state index in [-0.39, 0.29) is 11.9 Å². The molecule has 0 aliphatic rings. The van der Waals surface area contributed by atoms with E-state index in [4.69, 9.17) is 9.47 Å². The van der Waals surface area contributed by atoms with Crippen LogP contribution in [-0.4, -0.2) is 50.8 Å². The average molecular weight is 289 g/mol. The molecule has 18 heavy (non-hydrogen) atoms. The molecule has 0 aromatic carbocycles. The Morgan fingerprint density at radius 1 is 1.50 bits per heavy atom. The quantitative estimate of drug-likeness (QED) is 0.782. The maximum atomic E-state index is 12.4. The number of rotatable bonds is 7. The van der Waals surface area contributed by atoms with Crippen LogP contribution in [0.4, 0.5) is 0 Å². The first kappa shape index (κ1) is 15.5. The number of hydrogen-bond acceptors (Lipinski definition) is 5. The van der Waals surface area contributed by atoms with Crippen LogP contribution in [0.1, 0.15) is 16.6 Å². The molecule has 102 valence electrons. The van der Waals surface area contributed by atoms with Gasteiger partial charge in [-0.05, 0) is 13.0 Å². The Labute approximate surface area is 117 Å². The van der Waals surface area contributed by atoms with Crippen LogP contribution in [0.2, 0.25) is 0 Å². The smallest absolute Gasteiger partial charge is 0.264 e. The Morgan fingerprint density at radius 2 is 2.22 bits per heavy atom. The highest BCUT2D eigenvalue weighted by atomic mass is 32.1. The highest BCUT2D eigenvalue weighted by Gasteiger charge is 2.22. The largest absolute Gasteiger partial charge is 0.383 e. The van der Waals surface area contributed by atoms with Crippen molar-refractivity contribution in [3.8, 4) is 0 Å². The summed E-state index contributed by atoms with van der Waals surface area (Å²) in [6.45, 7) is 3.54. The standard InChI is InChI=1S/C12H19NO3S2/c1-9(7-16-3)13(4-5-15-2)12(14)11-6-10(17)8-18-11/h6,8-9,17H,4-5,7H2,1-3H3. The monoisotopic (exact) mass is 289 g/mol. The topological polar surface area (TPSA) is 38.8 Å². The zero-order chi connectivity index (χ0) is 13.5. The van der Waals surface area contributed by atoms with E-state index in [9.17, 15) is 4.79 Å². The number of carbonyl (C=O) groups excluding carboxylic acids is 1. The van der Waals surface area contributed by atoms with E-state index in [1.165, 1.54) is 11.3 Å². The molecule has 1 rings (SSSR count). The van der Waals surface area contributed by atoms with Crippen molar-refractivity contribution in [2.24, 2.45) is 0 Å². The van der Waals surface area contributed by atoms with Crippen molar-refractivity contribution in [1.29, 1.82) is 0 Å². The second-order valence-electron chi connectivity index (χ2n) is 3.96. The molecule has 1 heterocycles. The molecule has 0 aliphatic heterocycles. The molecule has 0 aliphatic carbocycles. The second kappa shape index (κ2) is 7.78. The lowest BCUT2D eigenvalue weighted by atomic mass is 10.2. The van der Waals surface area contributed by atoms with E-state index in [0.717, 1.165) is 4.90 Å². The molecule has 0 fully saturated rings. The summed E-state index contributed by atoms with van der Waals surface area (Å²) in [6.07, 6.45) is 0. The zero-order valence-corrected chi connectivity index (χ0v) is 12.6. The lowest BCUT2D eigenvalue weighted by Crippen LogP contribution is -2.42. The van der Waals surface area contributed by atoms with Crippen molar-refractivity contribution in [3.05, 3.63) is 16.3 Å². The first-order valence-corrected chi connectivity index (χ1v) is 6.99. The van der Waals surface area contributed by atoms with Crippen LogP contribution in [-0.2, 0) is 9.47 Å². The minimum atomic E-state index is 0.00176. The summed E-state index contributed by atoms with van der Waals surface area (Å²) in [5.74, 6) is 0.00176. The summed E-state index contributed by atoms with van der Waals surface area (Å²) in [4.78, 5) is 15.6. The molecule has 0 saturated heterocycles. The number of ether oxygens (including phenoxy) is 2. The molecule has 1 atom stereocenters. The molecule has 1 aromatic heterocycles. The Kier molecular flexibility index (Phi) is 6.70. The van der Waals surface area contributed by atoms with Gasteiger partial charge in [0, 0.05) is 31.0 Å².